The molecule has 1 N–H and O–H groups in total. The van der Waals surface area contributed by atoms with Crippen molar-refractivity contribution in [2.45, 2.75) is 23.9 Å². The van der Waals surface area contributed by atoms with Crippen molar-refractivity contribution in [2.24, 2.45) is 7.05 Å². The van der Waals surface area contributed by atoms with E-state index in [0.29, 0.717) is 13.1 Å². The molecule has 1 fully saturated rings. The SMILES string of the molecule is Cc1ccccc1N[C@H]1CN(S(=O)(=O)c2cn(C)cn2)C[C@@H]1c1ccc(F)cc1. The van der Waals surface area contributed by atoms with Gasteiger partial charge in [0, 0.05) is 44.0 Å². The quantitative estimate of drug-likeness (QED) is 0.697. The lowest BCUT2D eigenvalue weighted by molar-refractivity contribution is 0.468. The Morgan fingerprint density at radius 3 is 2.48 bits per heavy atom. The second-order valence-corrected chi connectivity index (χ2v) is 9.31. The number of nitrogens with one attached hydrogen (secondary N) is 1. The first-order valence-electron chi connectivity index (χ1n) is 9.40. The van der Waals surface area contributed by atoms with Crippen LogP contribution < -0.4 is 5.32 Å². The molecule has 1 aliphatic rings. The van der Waals surface area contributed by atoms with Crippen LogP contribution in [0.1, 0.15) is 17.0 Å². The average Bonchev–Trinajstić information content (AvgIpc) is 3.32. The van der Waals surface area contributed by atoms with Gasteiger partial charge in [-0.2, -0.15) is 4.31 Å². The van der Waals surface area contributed by atoms with Crippen LogP contribution in [0.15, 0.2) is 66.1 Å². The Hall–Kier alpha value is -2.71. The van der Waals surface area contributed by atoms with Gasteiger partial charge in [-0.3, -0.25) is 0 Å². The van der Waals surface area contributed by atoms with Gasteiger partial charge in [-0.15, -0.1) is 0 Å². The number of hydrogen-bond acceptors (Lipinski definition) is 4. The first kappa shape index (κ1) is 19.6. The third-order valence-electron chi connectivity index (χ3n) is 5.36. The highest BCUT2D eigenvalue weighted by atomic mass is 32.2. The van der Waals surface area contributed by atoms with Gasteiger partial charge in [0.1, 0.15) is 5.82 Å². The Bertz CT molecular complexity index is 1110. The van der Waals surface area contributed by atoms with Crippen molar-refractivity contribution in [3.05, 3.63) is 78.0 Å². The summed E-state index contributed by atoms with van der Waals surface area (Å²) in [5.41, 5.74) is 2.94. The summed E-state index contributed by atoms with van der Waals surface area (Å²) >= 11 is 0. The summed E-state index contributed by atoms with van der Waals surface area (Å²) in [4.78, 5) is 4.03. The molecule has 29 heavy (non-hydrogen) atoms. The van der Waals surface area contributed by atoms with Crippen molar-refractivity contribution in [1.29, 1.82) is 0 Å². The Kier molecular flexibility index (Phi) is 5.14. The highest BCUT2D eigenvalue weighted by Gasteiger charge is 2.41. The minimum atomic E-state index is -3.71. The topological polar surface area (TPSA) is 67.2 Å². The molecule has 0 spiro atoms. The maximum atomic E-state index is 13.4. The van der Waals surface area contributed by atoms with E-state index in [1.165, 1.54) is 29.0 Å². The minimum absolute atomic E-state index is 0.0365. The van der Waals surface area contributed by atoms with Gasteiger partial charge >= 0.3 is 0 Å². The van der Waals surface area contributed by atoms with Crippen LogP contribution >= 0.6 is 0 Å². The van der Waals surface area contributed by atoms with Crippen LogP contribution in [0.3, 0.4) is 0 Å². The normalized spacial score (nSPS) is 20.1. The summed E-state index contributed by atoms with van der Waals surface area (Å²) in [5, 5.41) is 3.54. The summed E-state index contributed by atoms with van der Waals surface area (Å²) in [6.07, 6.45) is 2.98. The zero-order valence-electron chi connectivity index (χ0n) is 16.3. The largest absolute Gasteiger partial charge is 0.380 e. The van der Waals surface area contributed by atoms with E-state index in [1.54, 1.807) is 23.7 Å². The van der Waals surface area contributed by atoms with Gasteiger partial charge in [0.05, 0.1) is 6.33 Å². The number of imidazole rings is 1. The fraction of sp³-hybridized carbons (Fsp3) is 0.286. The lowest BCUT2D eigenvalue weighted by Crippen LogP contribution is -2.32. The fourth-order valence-electron chi connectivity index (χ4n) is 3.75. The van der Waals surface area contributed by atoms with E-state index in [0.717, 1.165) is 16.8 Å². The van der Waals surface area contributed by atoms with Crippen LogP contribution in [0.5, 0.6) is 0 Å². The molecule has 2 heterocycles. The number of para-hydroxylation sites is 1. The number of hydrogen-bond donors (Lipinski definition) is 1. The van der Waals surface area contributed by atoms with Gasteiger partial charge in [-0.05, 0) is 36.2 Å². The van der Waals surface area contributed by atoms with Crippen LogP contribution in [0.2, 0.25) is 0 Å². The van der Waals surface area contributed by atoms with Crippen LogP contribution in [-0.4, -0.2) is 41.4 Å². The fourth-order valence-corrected chi connectivity index (χ4v) is 5.20. The average molecular weight is 415 g/mol. The molecule has 152 valence electrons. The lowest BCUT2D eigenvalue weighted by atomic mass is 9.94. The van der Waals surface area contributed by atoms with Crippen molar-refractivity contribution in [1.82, 2.24) is 13.9 Å². The second kappa shape index (κ2) is 7.61. The van der Waals surface area contributed by atoms with E-state index < -0.39 is 10.0 Å². The number of anilines is 1. The Labute approximate surface area is 170 Å². The monoisotopic (exact) mass is 414 g/mol. The maximum absolute atomic E-state index is 13.4. The Balaban J connectivity index is 1.67. The molecule has 8 heteroatoms. The van der Waals surface area contributed by atoms with E-state index in [2.05, 4.69) is 10.3 Å². The number of benzene rings is 2. The summed E-state index contributed by atoms with van der Waals surface area (Å²) in [7, 11) is -1.98. The third-order valence-corrected chi connectivity index (χ3v) is 7.07. The van der Waals surface area contributed by atoms with E-state index in [1.807, 2.05) is 31.2 Å². The molecular formula is C21H23FN4O2S. The Morgan fingerprint density at radius 2 is 1.83 bits per heavy atom. The number of aromatic nitrogens is 2. The summed E-state index contributed by atoms with van der Waals surface area (Å²) in [6.45, 7) is 2.61. The molecule has 0 radical (unpaired) electrons. The van der Waals surface area contributed by atoms with Crippen molar-refractivity contribution in [3.63, 3.8) is 0 Å². The molecule has 1 aliphatic heterocycles. The third kappa shape index (κ3) is 3.90. The van der Waals surface area contributed by atoms with Crippen molar-refractivity contribution >= 4 is 15.7 Å². The van der Waals surface area contributed by atoms with Crippen LogP contribution in [-0.2, 0) is 17.1 Å². The molecule has 0 amide bonds. The minimum Gasteiger partial charge on any atom is -0.380 e. The van der Waals surface area contributed by atoms with Gasteiger partial charge in [-0.1, -0.05) is 30.3 Å². The predicted molar refractivity (Wildman–Crippen MR) is 110 cm³/mol. The summed E-state index contributed by atoms with van der Waals surface area (Å²) in [5.74, 6) is -0.429. The summed E-state index contributed by atoms with van der Waals surface area (Å²) < 4.78 is 42.7. The molecule has 0 unspecified atom stereocenters. The van der Waals surface area contributed by atoms with Crippen molar-refractivity contribution in [2.75, 3.05) is 18.4 Å². The van der Waals surface area contributed by atoms with Crippen molar-refractivity contribution in [3.8, 4) is 0 Å². The molecule has 0 bridgehead atoms. The van der Waals surface area contributed by atoms with E-state index in [-0.39, 0.29) is 22.8 Å². The number of rotatable bonds is 5. The molecule has 4 rings (SSSR count). The molecule has 2 aromatic carbocycles. The smallest absolute Gasteiger partial charge is 0.262 e. The number of sulfonamides is 1. The molecule has 1 aromatic heterocycles. The number of aryl methyl sites for hydroxylation is 2. The number of nitrogens with zero attached hydrogens (tertiary/aromatic N) is 3. The maximum Gasteiger partial charge on any atom is 0.262 e. The van der Waals surface area contributed by atoms with E-state index >= 15 is 0 Å². The van der Waals surface area contributed by atoms with Crippen molar-refractivity contribution < 1.29 is 12.8 Å². The molecule has 0 saturated carbocycles. The highest BCUT2D eigenvalue weighted by molar-refractivity contribution is 7.89. The lowest BCUT2D eigenvalue weighted by Gasteiger charge is -2.22. The molecule has 2 atom stereocenters. The van der Waals surface area contributed by atoms with Gasteiger partial charge < -0.3 is 9.88 Å². The second-order valence-electron chi connectivity index (χ2n) is 7.42. The van der Waals surface area contributed by atoms with Crippen LogP contribution in [0.4, 0.5) is 10.1 Å². The van der Waals surface area contributed by atoms with Gasteiger partial charge in [0.15, 0.2) is 5.03 Å². The van der Waals surface area contributed by atoms with Crippen LogP contribution in [0.25, 0.3) is 0 Å². The van der Waals surface area contributed by atoms with Gasteiger partial charge in [-0.25, -0.2) is 17.8 Å². The zero-order chi connectivity index (χ0) is 20.6. The zero-order valence-corrected chi connectivity index (χ0v) is 17.1. The van der Waals surface area contributed by atoms with E-state index in [9.17, 15) is 12.8 Å². The van der Waals surface area contributed by atoms with Gasteiger partial charge in [0.25, 0.3) is 10.0 Å². The first-order chi connectivity index (χ1) is 13.8. The molecule has 3 aromatic rings. The van der Waals surface area contributed by atoms with E-state index in [4.69, 9.17) is 0 Å². The highest BCUT2D eigenvalue weighted by Crippen LogP contribution is 2.33. The standard InChI is InChI=1S/C21H23FN4O2S/c1-15-5-3-4-6-19(15)24-20-12-26(29(27,28)21-13-25(2)14-23-21)11-18(20)16-7-9-17(22)10-8-16/h3-10,13-14,18,20,24H,11-12H2,1-2H3/t18-,20+/m1/s1. The first-order valence-corrected chi connectivity index (χ1v) is 10.8. The van der Waals surface area contributed by atoms with Crippen LogP contribution in [0, 0.1) is 12.7 Å². The summed E-state index contributed by atoms with van der Waals surface area (Å²) in [6, 6.07) is 14.0. The molecule has 6 nitrogen and oxygen atoms in total. The number of halogens is 1. The van der Waals surface area contributed by atoms with Gasteiger partial charge in [0.2, 0.25) is 0 Å². The molecular weight excluding hydrogens is 391 g/mol. The molecule has 0 aliphatic carbocycles. The molecule has 1 saturated heterocycles. The Morgan fingerprint density at radius 1 is 1.10 bits per heavy atom. The predicted octanol–water partition coefficient (Wildman–Crippen LogP) is 3.14.